The van der Waals surface area contributed by atoms with Gasteiger partial charge in [0.2, 0.25) is 0 Å². The smallest absolute Gasteiger partial charge is 0.189 e. The third-order valence-corrected chi connectivity index (χ3v) is 13.3. The molecule has 0 aliphatic rings. The van der Waals surface area contributed by atoms with Crippen LogP contribution in [0.5, 0.6) is 0 Å². The minimum atomic E-state index is -4.10. The Bertz CT molecular complexity index is 1090. The SMILES string of the molecule is CCS(=O)(=O)C(=c1ccc(=C(S(=O)(=O)CC)S(=O)(=O)CC)cc1)S(=O)(=O)CC. The van der Waals surface area contributed by atoms with Crippen LogP contribution in [0.3, 0.4) is 0 Å². The molecule has 0 amide bonds. The molecule has 0 N–H and O–H groups in total. The predicted octanol–water partition coefficient (Wildman–Crippen LogP) is -0.443. The standard InChI is InChI=1S/C16H24O8S4/c1-5-25(17,18)15(26(19,20)6-2)13-9-11-14(12-10-13)16(27(21,22)7-3)28(23,24)8-4/h9-12H,5-8H2,1-4H3. The highest BCUT2D eigenvalue weighted by molar-refractivity contribution is 8.22. The number of hydrogen-bond donors (Lipinski definition) is 0. The summed E-state index contributed by atoms with van der Waals surface area (Å²) in [6, 6.07) is 4.45. The van der Waals surface area contributed by atoms with E-state index in [0.717, 1.165) is 24.3 Å². The van der Waals surface area contributed by atoms with Gasteiger partial charge in [0.1, 0.15) is 0 Å². The quantitative estimate of drug-likeness (QED) is 0.496. The van der Waals surface area contributed by atoms with E-state index in [2.05, 4.69) is 0 Å². The maximum Gasteiger partial charge on any atom is 0.189 e. The monoisotopic (exact) mass is 472 g/mol. The van der Waals surface area contributed by atoms with Crippen LogP contribution < -0.4 is 10.4 Å². The molecule has 1 rings (SSSR count). The van der Waals surface area contributed by atoms with Crippen molar-refractivity contribution in [3.8, 4) is 0 Å². The van der Waals surface area contributed by atoms with Crippen LogP contribution in [-0.2, 0) is 39.3 Å². The van der Waals surface area contributed by atoms with Crippen molar-refractivity contribution in [3.63, 3.8) is 0 Å². The number of benzene rings is 1. The lowest BCUT2D eigenvalue weighted by Crippen LogP contribution is -2.27. The summed E-state index contributed by atoms with van der Waals surface area (Å²) in [4.78, 5) is 0. The molecule has 0 saturated carbocycles. The molecule has 8 nitrogen and oxygen atoms in total. The molecule has 0 aromatic heterocycles. The summed E-state index contributed by atoms with van der Waals surface area (Å²) in [6.45, 7) is 5.23. The molecule has 0 bridgehead atoms. The van der Waals surface area contributed by atoms with E-state index in [1.165, 1.54) is 27.7 Å². The van der Waals surface area contributed by atoms with Gasteiger partial charge in [0.05, 0.1) is 23.0 Å². The highest BCUT2D eigenvalue weighted by Crippen LogP contribution is 2.18. The van der Waals surface area contributed by atoms with E-state index in [1.807, 2.05) is 0 Å². The van der Waals surface area contributed by atoms with Gasteiger partial charge in [0.15, 0.2) is 47.8 Å². The van der Waals surface area contributed by atoms with Crippen molar-refractivity contribution in [2.24, 2.45) is 0 Å². The van der Waals surface area contributed by atoms with Gasteiger partial charge in [-0.05, 0) is 0 Å². The molecule has 0 fully saturated rings. The molecule has 1 aromatic rings. The fraction of sp³-hybridized carbons (Fsp3) is 0.500. The fourth-order valence-corrected chi connectivity index (χ4v) is 9.91. The lowest BCUT2D eigenvalue weighted by molar-refractivity contribution is 0.597. The van der Waals surface area contributed by atoms with Crippen LogP contribution in [0.4, 0.5) is 0 Å². The molecule has 160 valence electrons. The Kier molecular flexibility index (Phi) is 7.65. The van der Waals surface area contributed by atoms with Crippen molar-refractivity contribution in [1.29, 1.82) is 0 Å². The van der Waals surface area contributed by atoms with Gasteiger partial charge in [-0.25, -0.2) is 33.7 Å². The van der Waals surface area contributed by atoms with Gasteiger partial charge in [0, 0.05) is 10.4 Å². The predicted molar refractivity (Wildman–Crippen MR) is 110 cm³/mol. The Morgan fingerprint density at radius 1 is 0.500 bits per heavy atom. The third kappa shape index (κ3) is 5.02. The first-order valence-electron chi connectivity index (χ1n) is 8.45. The van der Waals surface area contributed by atoms with E-state index >= 15 is 0 Å². The van der Waals surface area contributed by atoms with Crippen LogP contribution in [-0.4, -0.2) is 56.7 Å². The Balaban J connectivity index is 4.17. The summed E-state index contributed by atoms with van der Waals surface area (Å²) in [5, 5.41) is -0.288. The second kappa shape index (κ2) is 8.64. The first-order valence-corrected chi connectivity index (χ1v) is 15.1. The van der Waals surface area contributed by atoms with Crippen molar-refractivity contribution in [1.82, 2.24) is 0 Å². The van der Waals surface area contributed by atoms with E-state index in [4.69, 9.17) is 0 Å². The zero-order valence-electron chi connectivity index (χ0n) is 16.0. The van der Waals surface area contributed by atoms with Gasteiger partial charge in [-0.3, -0.25) is 0 Å². The van der Waals surface area contributed by atoms with E-state index in [0.29, 0.717) is 0 Å². The summed E-state index contributed by atoms with van der Waals surface area (Å²) in [5.41, 5.74) is 0. The molecule has 1 aromatic carbocycles. The molecule has 0 unspecified atom stereocenters. The molecule has 0 atom stereocenters. The van der Waals surface area contributed by atoms with Crippen LogP contribution in [0, 0.1) is 0 Å². The number of hydrogen-bond acceptors (Lipinski definition) is 8. The molecule has 0 saturated heterocycles. The average molecular weight is 473 g/mol. The van der Waals surface area contributed by atoms with Crippen LogP contribution in [0.25, 0.3) is 8.47 Å². The fourth-order valence-electron chi connectivity index (χ4n) is 2.37. The summed E-state index contributed by atoms with van der Waals surface area (Å²) in [6.07, 6.45) is 0. The molecular formula is C16H24O8S4. The number of rotatable bonds is 8. The molecular weight excluding hydrogens is 448 g/mol. The third-order valence-electron chi connectivity index (χ3n) is 4.01. The average Bonchev–Trinajstić information content (AvgIpc) is 2.62. The van der Waals surface area contributed by atoms with Crippen LogP contribution >= 0.6 is 0 Å². The van der Waals surface area contributed by atoms with Gasteiger partial charge in [-0.1, -0.05) is 52.0 Å². The molecule has 0 aliphatic carbocycles. The zero-order valence-corrected chi connectivity index (χ0v) is 19.3. The van der Waals surface area contributed by atoms with E-state index in [-0.39, 0.29) is 10.4 Å². The van der Waals surface area contributed by atoms with Crippen LogP contribution in [0.15, 0.2) is 24.3 Å². The van der Waals surface area contributed by atoms with Crippen molar-refractivity contribution < 1.29 is 33.7 Å². The zero-order chi connectivity index (χ0) is 22.0. The van der Waals surface area contributed by atoms with Gasteiger partial charge in [-0.15, -0.1) is 0 Å². The summed E-state index contributed by atoms with van der Waals surface area (Å²) < 4.78 is 97.1. The number of sulfone groups is 4. The second-order valence-electron chi connectivity index (χ2n) is 5.77. The molecule has 12 heteroatoms. The minimum Gasteiger partial charge on any atom is -0.223 e. The highest BCUT2D eigenvalue weighted by atomic mass is 32.3. The first kappa shape index (κ1) is 24.8. The Labute approximate surface area is 166 Å². The maximum absolute atomic E-state index is 12.3. The normalized spacial score (nSPS) is 13.3. The molecule has 0 radical (unpaired) electrons. The van der Waals surface area contributed by atoms with Crippen molar-refractivity contribution in [2.45, 2.75) is 27.7 Å². The van der Waals surface area contributed by atoms with Gasteiger partial charge in [-0.2, -0.15) is 0 Å². The van der Waals surface area contributed by atoms with E-state index in [9.17, 15) is 33.7 Å². The molecule has 28 heavy (non-hydrogen) atoms. The minimum absolute atomic E-state index is 0.144. The van der Waals surface area contributed by atoms with Crippen molar-refractivity contribution in [3.05, 3.63) is 34.7 Å². The Morgan fingerprint density at radius 3 is 0.821 bits per heavy atom. The van der Waals surface area contributed by atoms with Crippen LogP contribution in [0.1, 0.15) is 27.7 Å². The summed E-state index contributed by atoms with van der Waals surface area (Å²) in [7, 11) is -16.4. The van der Waals surface area contributed by atoms with E-state index < -0.39 is 70.8 Å². The summed E-state index contributed by atoms with van der Waals surface area (Å²) in [5.74, 6) is -1.74. The second-order valence-corrected chi connectivity index (χ2v) is 15.1. The Morgan fingerprint density at radius 2 is 0.679 bits per heavy atom. The van der Waals surface area contributed by atoms with Crippen molar-refractivity contribution in [2.75, 3.05) is 23.0 Å². The van der Waals surface area contributed by atoms with Gasteiger partial charge >= 0.3 is 0 Å². The van der Waals surface area contributed by atoms with Gasteiger partial charge in [0.25, 0.3) is 0 Å². The molecule has 0 heterocycles. The molecule has 0 spiro atoms. The lowest BCUT2D eigenvalue weighted by atomic mass is 10.3. The highest BCUT2D eigenvalue weighted by Gasteiger charge is 2.30. The van der Waals surface area contributed by atoms with Gasteiger partial charge < -0.3 is 0 Å². The first-order chi connectivity index (χ1) is 12.7. The topological polar surface area (TPSA) is 137 Å². The van der Waals surface area contributed by atoms with Crippen LogP contribution in [0.2, 0.25) is 0 Å². The molecule has 0 aliphatic heterocycles. The summed E-state index contributed by atoms with van der Waals surface area (Å²) >= 11 is 0. The Hall–Kier alpha value is -1.24. The van der Waals surface area contributed by atoms with E-state index in [1.54, 1.807) is 0 Å². The van der Waals surface area contributed by atoms with Crippen molar-refractivity contribution >= 4 is 47.8 Å². The lowest BCUT2D eigenvalue weighted by Gasteiger charge is -2.09. The largest absolute Gasteiger partial charge is 0.223 e. The maximum atomic E-state index is 12.3.